The molecule has 0 aliphatic heterocycles. The van der Waals surface area contributed by atoms with Crippen LogP contribution < -0.4 is 5.56 Å². The van der Waals surface area contributed by atoms with Gasteiger partial charge in [0.2, 0.25) is 0 Å². The lowest BCUT2D eigenvalue weighted by atomic mass is 10.2. The van der Waals surface area contributed by atoms with Crippen LogP contribution in [0.15, 0.2) is 17.3 Å². The summed E-state index contributed by atoms with van der Waals surface area (Å²) in [6.07, 6.45) is 2.51. The lowest BCUT2D eigenvalue weighted by Gasteiger charge is -2.05. The van der Waals surface area contributed by atoms with Gasteiger partial charge in [0.05, 0.1) is 10.9 Å². The maximum atomic E-state index is 11.3. The van der Waals surface area contributed by atoms with Crippen LogP contribution in [0.1, 0.15) is 5.56 Å². The SMILES string of the molecule is Cc1c(O)c2cncnc2n(O)c1=O. The van der Waals surface area contributed by atoms with Gasteiger partial charge in [-0.2, -0.15) is 0 Å². The third-order valence-corrected chi connectivity index (χ3v) is 2.02. The Hall–Kier alpha value is -2.11. The van der Waals surface area contributed by atoms with Crippen molar-refractivity contribution in [3.05, 3.63) is 28.4 Å². The van der Waals surface area contributed by atoms with Gasteiger partial charge in [0.1, 0.15) is 12.1 Å². The van der Waals surface area contributed by atoms with E-state index in [9.17, 15) is 15.1 Å². The summed E-state index contributed by atoms with van der Waals surface area (Å²) in [4.78, 5) is 18.7. The van der Waals surface area contributed by atoms with Crippen molar-refractivity contribution in [2.24, 2.45) is 0 Å². The summed E-state index contributed by atoms with van der Waals surface area (Å²) >= 11 is 0. The molecule has 2 heterocycles. The lowest BCUT2D eigenvalue weighted by molar-refractivity contribution is 0.185. The number of hydrogen-bond acceptors (Lipinski definition) is 5. The highest BCUT2D eigenvalue weighted by Crippen LogP contribution is 2.22. The van der Waals surface area contributed by atoms with Gasteiger partial charge < -0.3 is 10.3 Å². The Morgan fingerprint density at radius 1 is 1.50 bits per heavy atom. The number of fused-ring (bicyclic) bond motifs is 1. The molecule has 72 valence electrons. The van der Waals surface area contributed by atoms with Crippen molar-refractivity contribution in [3.8, 4) is 5.75 Å². The average Bonchev–Trinajstić information content (AvgIpc) is 2.23. The van der Waals surface area contributed by atoms with E-state index in [0.717, 1.165) is 0 Å². The largest absolute Gasteiger partial charge is 0.507 e. The van der Waals surface area contributed by atoms with E-state index in [1.165, 1.54) is 19.4 Å². The van der Waals surface area contributed by atoms with E-state index < -0.39 is 5.56 Å². The molecule has 2 N–H and O–H groups in total. The van der Waals surface area contributed by atoms with Gasteiger partial charge in [0, 0.05) is 6.20 Å². The molecule has 0 radical (unpaired) electrons. The van der Waals surface area contributed by atoms with Crippen molar-refractivity contribution in [2.75, 3.05) is 0 Å². The second kappa shape index (κ2) is 2.69. The van der Waals surface area contributed by atoms with E-state index in [1.54, 1.807) is 0 Å². The molecule has 0 amide bonds. The molecule has 6 nitrogen and oxygen atoms in total. The predicted octanol–water partition coefficient (Wildman–Crippen LogP) is 0.0428. The Kier molecular flexibility index (Phi) is 1.63. The van der Waals surface area contributed by atoms with Crippen molar-refractivity contribution in [1.29, 1.82) is 0 Å². The first-order valence-corrected chi connectivity index (χ1v) is 3.86. The molecule has 0 unspecified atom stereocenters. The maximum absolute atomic E-state index is 11.3. The van der Waals surface area contributed by atoms with Crippen LogP contribution in [0.3, 0.4) is 0 Å². The van der Waals surface area contributed by atoms with Gasteiger partial charge in [-0.1, -0.05) is 0 Å². The van der Waals surface area contributed by atoms with E-state index >= 15 is 0 Å². The molecule has 0 aliphatic carbocycles. The second-order valence-corrected chi connectivity index (χ2v) is 2.85. The minimum absolute atomic E-state index is 0.00639. The summed E-state index contributed by atoms with van der Waals surface area (Å²) in [5.74, 6) is -0.198. The number of aromatic nitrogens is 3. The summed E-state index contributed by atoms with van der Waals surface area (Å²) in [5.41, 5.74) is -0.628. The first-order valence-electron chi connectivity index (χ1n) is 3.86. The van der Waals surface area contributed by atoms with Gasteiger partial charge in [0.25, 0.3) is 5.56 Å². The zero-order chi connectivity index (χ0) is 10.3. The maximum Gasteiger partial charge on any atom is 0.291 e. The minimum atomic E-state index is -0.686. The molecular weight excluding hydrogens is 186 g/mol. The van der Waals surface area contributed by atoms with Crippen LogP contribution in [0.5, 0.6) is 5.75 Å². The lowest BCUT2D eigenvalue weighted by Crippen LogP contribution is -2.21. The number of nitrogens with zero attached hydrogens (tertiary/aromatic N) is 3. The Morgan fingerprint density at radius 2 is 2.21 bits per heavy atom. The molecule has 2 aromatic rings. The predicted molar refractivity (Wildman–Crippen MR) is 47.4 cm³/mol. The summed E-state index contributed by atoms with van der Waals surface area (Å²) in [6.45, 7) is 1.41. The first-order chi connectivity index (χ1) is 6.63. The van der Waals surface area contributed by atoms with Crippen molar-refractivity contribution >= 4 is 11.0 Å². The zero-order valence-corrected chi connectivity index (χ0v) is 7.30. The first kappa shape index (κ1) is 8.49. The Morgan fingerprint density at radius 3 is 2.93 bits per heavy atom. The van der Waals surface area contributed by atoms with E-state index in [1.807, 2.05) is 0 Å². The number of pyridine rings is 1. The second-order valence-electron chi connectivity index (χ2n) is 2.85. The third-order valence-electron chi connectivity index (χ3n) is 2.02. The molecule has 2 rings (SSSR count). The fourth-order valence-corrected chi connectivity index (χ4v) is 1.22. The number of aromatic hydroxyl groups is 1. The highest BCUT2D eigenvalue weighted by atomic mass is 16.5. The molecule has 6 heteroatoms. The Balaban J connectivity index is 3.10. The molecule has 0 atom stereocenters. The summed E-state index contributed by atoms with van der Waals surface area (Å²) in [6, 6.07) is 0. The zero-order valence-electron chi connectivity index (χ0n) is 7.30. The van der Waals surface area contributed by atoms with Crippen molar-refractivity contribution < 1.29 is 10.3 Å². The van der Waals surface area contributed by atoms with Crippen LogP contribution in [0.4, 0.5) is 0 Å². The van der Waals surface area contributed by atoms with Gasteiger partial charge in [-0.15, -0.1) is 4.73 Å². The van der Waals surface area contributed by atoms with Crippen LogP contribution >= 0.6 is 0 Å². The molecule has 14 heavy (non-hydrogen) atoms. The molecule has 0 aromatic carbocycles. The van der Waals surface area contributed by atoms with Crippen molar-refractivity contribution in [1.82, 2.24) is 14.7 Å². The van der Waals surface area contributed by atoms with Crippen molar-refractivity contribution in [2.45, 2.75) is 6.92 Å². The monoisotopic (exact) mass is 193 g/mol. The minimum Gasteiger partial charge on any atom is -0.507 e. The summed E-state index contributed by atoms with van der Waals surface area (Å²) in [5, 5.41) is 19.2. The average molecular weight is 193 g/mol. The number of rotatable bonds is 0. The molecule has 0 fully saturated rings. The third kappa shape index (κ3) is 0.936. The fourth-order valence-electron chi connectivity index (χ4n) is 1.22. The van der Waals surface area contributed by atoms with Crippen LogP contribution in [0.25, 0.3) is 11.0 Å². The van der Waals surface area contributed by atoms with Crippen molar-refractivity contribution in [3.63, 3.8) is 0 Å². The molecule has 0 saturated carbocycles. The van der Waals surface area contributed by atoms with Crippen LogP contribution in [-0.2, 0) is 0 Å². The quantitative estimate of drug-likeness (QED) is 0.577. The van der Waals surface area contributed by atoms with Gasteiger partial charge in [0.15, 0.2) is 5.65 Å². The molecule has 0 aliphatic rings. The summed E-state index contributed by atoms with van der Waals surface area (Å²) < 4.78 is 0.395. The van der Waals surface area contributed by atoms with Crippen LogP contribution in [0, 0.1) is 6.92 Å². The highest BCUT2D eigenvalue weighted by Gasteiger charge is 2.12. The van der Waals surface area contributed by atoms with E-state index in [-0.39, 0.29) is 22.3 Å². The molecule has 0 saturated heterocycles. The van der Waals surface area contributed by atoms with Gasteiger partial charge in [-0.25, -0.2) is 9.97 Å². The smallest absolute Gasteiger partial charge is 0.291 e. The number of hydrogen-bond donors (Lipinski definition) is 2. The van der Waals surface area contributed by atoms with E-state index in [4.69, 9.17) is 0 Å². The fraction of sp³-hybridized carbons (Fsp3) is 0.125. The van der Waals surface area contributed by atoms with Gasteiger partial charge >= 0.3 is 0 Å². The van der Waals surface area contributed by atoms with E-state index in [0.29, 0.717) is 4.73 Å². The molecule has 0 bridgehead atoms. The van der Waals surface area contributed by atoms with E-state index in [2.05, 4.69) is 9.97 Å². The van der Waals surface area contributed by atoms with Gasteiger partial charge in [-0.3, -0.25) is 4.79 Å². The Labute approximate surface area is 78.1 Å². The van der Waals surface area contributed by atoms with Crippen LogP contribution in [-0.4, -0.2) is 25.0 Å². The molecule has 0 spiro atoms. The normalized spacial score (nSPS) is 10.6. The van der Waals surface area contributed by atoms with Gasteiger partial charge in [-0.05, 0) is 6.92 Å². The molecular formula is C8H7N3O3. The Bertz CT molecular complexity index is 561. The highest BCUT2D eigenvalue weighted by molar-refractivity contribution is 5.81. The topological polar surface area (TPSA) is 88.2 Å². The standard InChI is InChI=1S/C8H7N3O3/c1-4-6(12)5-2-9-3-10-7(5)11(14)8(4)13/h2-3,12,14H,1H3. The molecule has 2 aromatic heterocycles. The van der Waals surface area contributed by atoms with Crippen LogP contribution in [0.2, 0.25) is 0 Å². The summed E-state index contributed by atoms with van der Waals surface area (Å²) in [7, 11) is 0.